The molecule has 0 aromatic heterocycles. The van der Waals surface area contributed by atoms with Crippen molar-refractivity contribution >= 4 is 34.5 Å². The van der Waals surface area contributed by atoms with Gasteiger partial charge in [0.1, 0.15) is 5.75 Å². The van der Waals surface area contributed by atoms with Crippen molar-refractivity contribution in [1.29, 1.82) is 0 Å². The standard InChI is InChI=1S/C20H17ClN2O2/c1-14(20(24)23-22-13-17-8-4-5-9-19(17)21)25-18-11-10-15-6-2-3-7-16(15)12-18/h2-14H,1H3,(H,23,24)/b22-13-/t14-/m1/s1. The highest BCUT2D eigenvalue weighted by Gasteiger charge is 2.14. The summed E-state index contributed by atoms with van der Waals surface area (Å²) in [6.45, 7) is 1.68. The van der Waals surface area contributed by atoms with Crippen LogP contribution in [0.5, 0.6) is 5.75 Å². The average molecular weight is 353 g/mol. The first-order valence-electron chi connectivity index (χ1n) is 7.86. The van der Waals surface area contributed by atoms with E-state index in [4.69, 9.17) is 16.3 Å². The third kappa shape index (κ3) is 4.37. The highest BCUT2D eigenvalue weighted by molar-refractivity contribution is 6.33. The van der Waals surface area contributed by atoms with Crippen LogP contribution in [-0.4, -0.2) is 18.2 Å². The first-order chi connectivity index (χ1) is 12.1. The number of rotatable bonds is 5. The Hall–Kier alpha value is -2.85. The fourth-order valence-corrected chi connectivity index (χ4v) is 2.52. The zero-order valence-electron chi connectivity index (χ0n) is 13.6. The van der Waals surface area contributed by atoms with Crippen LogP contribution < -0.4 is 10.2 Å². The SMILES string of the molecule is C[C@@H](Oc1ccc2ccccc2c1)C(=O)N/N=C\c1ccccc1Cl. The normalized spacial score (nSPS) is 12.2. The number of nitrogens with one attached hydrogen (secondary N) is 1. The molecule has 0 spiro atoms. The van der Waals surface area contributed by atoms with Crippen molar-refractivity contribution in [2.45, 2.75) is 13.0 Å². The number of hydrogen-bond acceptors (Lipinski definition) is 3. The van der Waals surface area contributed by atoms with Gasteiger partial charge in [-0.15, -0.1) is 0 Å². The number of amides is 1. The second kappa shape index (κ2) is 7.81. The molecule has 0 aliphatic carbocycles. The van der Waals surface area contributed by atoms with Crippen molar-refractivity contribution in [1.82, 2.24) is 5.43 Å². The third-order valence-corrected chi connectivity index (χ3v) is 4.03. The Kier molecular flexibility index (Phi) is 5.31. The molecule has 0 unspecified atom stereocenters. The van der Waals surface area contributed by atoms with E-state index in [1.807, 2.05) is 60.7 Å². The van der Waals surface area contributed by atoms with Crippen molar-refractivity contribution in [2.75, 3.05) is 0 Å². The van der Waals surface area contributed by atoms with E-state index < -0.39 is 6.10 Å². The van der Waals surface area contributed by atoms with Crippen LogP contribution in [0, 0.1) is 0 Å². The van der Waals surface area contributed by atoms with Crippen molar-refractivity contribution in [3.05, 3.63) is 77.3 Å². The van der Waals surface area contributed by atoms with Crippen molar-refractivity contribution in [2.24, 2.45) is 5.10 Å². The summed E-state index contributed by atoms with van der Waals surface area (Å²) < 4.78 is 5.70. The van der Waals surface area contributed by atoms with Gasteiger partial charge >= 0.3 is 0 Å². The highest BCUT2D eigenvalue weighted by atomic mass is 35.5. The molecular formula is C20H17ClN2O2. The maximum atomic E-state index is 12.1. The third-order valence-electron chi connectivity index (χ3n) is 3.69. The minimum atomic E-state index is -0.676. The number of halogens is 1. The first-order valence-corrected chi connectivity index (χ1v) is 8.24. The summed E-state index contributed by atoms with van der Waals surface area (Å²) in [5.74, 6) is 0.299. The van der Waals surface area contributed by atoms with Crippen LogP contribution in [0.3, 0.4) is 0 Å². The maximum absolute atomic E-state index is 12.1. The monoisotopic (exact) mass is 352 g/mol. The molecule has 4 nitrogen and oxygen atoms in total. The van der Waals surface area contributed by atoms with Gasteiger partial charge in [-0.05, 0) is 35.9 Å². The van der Waals surface area contributed by atoms with Gasteiger partial charge in [-0.25, -0.2) is 5.43 Å². The van der Waals surface area contributed by atoms with Crippen LogP contribution in [0.1, 0.15) is 12.5 Å². The minimum Gasteiger partial charge on any atom is -0.481 e. The van der Waals surface area contributed by atoms with Gasteiger partial charge in [-0.1, -0.05) is 60.1 Å². The summed E-state index contributed by atoms with van der Waals surface area (Å²) in [5.41, 5.74) is 3.19. The topological polar surface area (TPSA) is 50.7 Å². The lowest BCUT2D eigenvalue weighted by molar-refractivity contribution is -0.127. The zero-order valence-corrected chi connectivity index (χ0v) is 14.4. The molecule has 0 aliphatic heterocycles. The van der Waals surface area contributed by atoms with E-state index in [-0.39, 0.29) is 5.91 Å². The van der Waals surface area contributed by atoms with E-state index in [0.29, 0.717) is 10.8 Å². The smallest absolute Gasteiger partial charge is 0.280 e. The molecule has 5 heteroatoms. The van der Waals surface area contributed by atoms with Crippen molar-refractivity contribution in [3.8, 4) is 5.75 Å². The van der Waals surface area contributed by atoms with Gasteiger partial charge in [-0.2, -0.15) is 5.10 Å². The lowest BCUT2D eigenvalue weighted by atomic mass is 10.1. The molecule has 1 atom stereocenters. The molecule has 25 heavy (non-hydrogen) atoms. The Bertz CT molecular complexity index is 924. The molecule has 0 heterocycles. The second-order valence-corrected chi connectivity index (χ2v) is 5.93. The number of carbonyl (C=O) groups excluding carboxylic acids is 1. The van der Waals surface area contributed by atoms with Gasteiger partial charge in [0.05, 0.1) is 6.21 Å². The lowest BCUT2D eigenvalue weighted by Crippen LogP contribution is -2.33. The molecule has 3 rings (SSSR count). The van der Waals surface area contributed by atoms with Gasteiger partial charge in [0.15, 0.2) is 6.10 Å². The van der Waals surface area contributed by atoms with Crippen LogP contribution in [0.2, 0.25) is 5.02 Å². The highest BCUT2D eigenvalue weighted by Crippen LogP contribution is 2.21. The van der Waals surface area contributed by atoms with Crippen molar-refractivity contribution in [3.63, 3.8) is 0 Å². The molecule has 0 saturated heterocycles. The number of hydrazone groups is 1. The number of fused-ring (bicyclic) bond motifs is 1. The van der Waals surface area contributed by atoms with Crippen LogP contribution in [-0.2, 0) is 4.79 Å². The molecule has 0 fully saturated rings. The number of hydrogen-bond donors (Lipinski definition) is 1. The van der Waals surface area contributed by atoms with Gasteiger partial charge in [0.25, 0.3) is 5.91 Å². The molecule has 126 valence electrons. The number of carbonyl (C=O) groups is 1. The molecule has 0 radical (unpaired) electrons. The van der Waals surface area contributed by atoms with Crippen LogP contribution in [0.15, 0.2) is 71.8 Å². The second-order valence-electron chi connectivity index (χ2n) is 5.52. The Morgan fingerprint density at radius 2 is 1.80 bits per heavy atom. The summed E-state index contributed by atoms with van der Waals surface area (Å²) in [6.07, 6.45) is 0.827. The molecule has 1 amide bonds. The fourth-order valence-electron chi connectivity index (χ4n) is 2.33. The Morgan fingerprint density at radius 1 is 1.08 bits per heavy atom. The van der Waals surface area contributed by atoms with E-state index in [1.165, 1.54) is 6.21 Å². The average Bonchev–Trinajstić information content (AvgIpc) is 2.63. The quantitative estimate of drug-likeness (QED) is 0.546. The fraction of sp³-hybridized carbons (Fsp3) is 0.100. The zero-order chi connectivity index (χ0) is 17.6. The summed E-state index contributed by atoms with van der Waals surface area (Å²) in [7, 11) is 0. The summed E-state index contributed by atoms with van der Waals surface area (Å²) in [4.78, 5) is 12.1. The van der Waals surface area contributed by atoms with Gasteiger partial charge in [0, 0.05) is 10.6 Å². The Morgan fingerprint density at radius 3 is 2.60 bits per heavy atom. The van der Waals surface area contributed by atoms with Crippen LogP contribution in [0.25, 0.3) is 10.8 Å². The maximum Gasteiger partial charge on any atom is 0.280 e. The van der Waals surface area contributed by atoms with Gasteiger partial charge in [-0.3, -0.25) is 4.79 Å². The van der Waals surface area contributed by atoms with E-state index in [2.05, 4.69) is 10.5 Å². The molecule has 3 aromatic rings. The summed E-state index contributed by atoms with van der Waals surface area (Å²) in [6, 6.07) is 20.9. The Balaban J connectivity index is 1.61. The first kappa shape index (κ1) is 17.0. The molecule has 1 N–H and O–H groups in total. The number of ether oxygens (including phenoxy) is 1. The molecular weight excluding hydrogens is 336 g/mol. The Labute approximate surface area is 151 Å². The molecule has 3 aromatic carbocycles. The number of benzene rings is 3. The molecule has 0 bridgehead atoms. The largest absolute Gasteiger partial charge is 0.481 e. The summed E-state index contributed by atoms with van der Waals surface area (Å²) in [5, 5.41) is 6.68. The predicted octanol–water partition coefficient (Wildman–Crippen LogP) is 4.41. The van der Waals surface area contributed by atoms with E-state index >= 15 is 0 Å². The number of nitrogens with zero attached hydrogens (tertiary/aromatic N) is 1. The van der Waals surface area contributed by atoms with E-state index in [1.54, 1.807) is 13.0 Å². The van der Waals surface area contributed by atoms with Crippen LogP contribution in [0.4, 0.5) is 0 Å². The minimum absolute atomic E-state index is 0.337. The van der Waals surface area contributed by atoms with E-state index in [0.717, 1.165) is 16.3 Å². The van der Waals surface area contributed by atoms with E-state index in [9.17, 15) is 4.79 Å². The summed E-state index contributed by atoms with van der Waals surface area (Å²) >= 11 is 6.03. The van der Waals surface area contributed by atoms with Crippen LogP contribution >= 0.6 is 11.6 Å². The van der Waals surface area contributed by atoms with Gasteiger partial charge in [0.2, 0.25) is 0 Å². The lowest BCUT2D eigenvalue weighted by Gasteiger charge is -2.13. The van der Waals surface area contributed by atoms with Crippen molar-refractivity contribution < 1.29 is 9.53 Å². The predicted molar refractivity (Wildman–Crippen MR) is 101 cm³/mol. The molecule has 0 saturated carbocycles. The van der Waals surface area contributed by atoms with Gasteiger partial charge < -0.3 is 4.74 Å². The molecule has 0 aliphatic rings.